The number of hydrogen-bond acceptors (Lipinski definition) is 3. The van der Waals surface area contributed by atoms with Crippen LogP contribution in [0.3, 0.4) is 0 Å². The van der Waals surface area contributed by atoms with Gasteiger partial charge in [-0.25, -0.2) is 4.98 Å². The molecule has 0 bridgehead atoms. The monoisotopic (exact) mass is 467 g/mol. The number of anilines is 2. The Morgan fingerprint density at radius 2 is 1.88 bits per heavy atom. The molecule has 166 valence electrons. The number of amides is 1. The fraction of sp³-hybridized carbons (Fsp3) is 0.120. The minimum Gasteiger partial charge on any atom is -0.345 e. The molecule has 1 aliphatic heterocycles. The van der Waals surface area contributed by atoms with Gasteiger partial charge >= 0.3 is 12.1 Å². The largest absolute Gasteiger partial charge is 0.471 e. The molecule has 0 radical (unpaired) electrons. The van der Waals surface area contributed by atoms with Gasteiger partial charge in [0.05, 0.1) is 22.6 Å². The normalized spacial score (nSPS) is 13.1. The van der Waals surface area contributed by atoms with E-state index < -0.39 is 12.1 Å². The maximum Gasteiger partial charge on any atom is 0.471 e. The van der Waals surface area contributed by atoms with Gasteiger partial charge in [-0.15, -0.1) is 0 Å². The lowest BCUT2D eigenvalue weighted by molar-refractivity contribution is -0.173. The summed E-state index contributed by atoms with van der Waals surface area (Å²) >= 11 is 6.28. The number of carbonyl (C=O) groups is 1. The van der Waals surface area contributed by atoms with Crippen LogP contribution in [0.5, 0.6) is 0 Å². The van der Waals surface area contributed by atoms with Crippen molar-refractivity contribution in [2.75, 3.05) is 18.5 Å². The number of rotatable bonds is 3. The summed E-state index contributed by atoms with van der Waals surface area (Å²) in [6, 6.07) is 17.5. The molecule has 0 spiro atoms. The van der Waals surface area contributed by atoms with Gasteiger partial charge < -0.3 is 10.2 Å². The second kappa shape index (κ2) is 7.78. The van der Waals surface area contributed by atoms with Crippen LogP contribution < -0.4 is 10.2 Å². The van der Waals surface area contributed by atoms with Gasteiger partial charge in [-0.1, -0.05) is 42.0 Å². The van der Waals surface area contributed by atoms with Crippen LogP contribution in [-0.4, -0.2) is 30.7 Å². The molecule has 0 saturated carbocycles. The van der Waals surface area contributed by atoms with Crippen molar-refractivity contribution in [2.24, 2.45) is 0 Å². The van der Waals surface area contributed by atoms with E-state index in [1.54, 1.807) is 12.1 Å². The highest BCUT2D eigenvalue weighted by Gasteiger charge is 2.38. The zero-order valence-electron chi connectivity index (χ0n) is 17.4. The molecular weight excluding hydrogens is 451 g/mol. The lowest BCUT2D eigenvalue weighted by Crippen LogP contribution is -2.36. The predicted octanol–water partition coefficient (Wildman–Crippen LogP) is 6.48. The molecule has 1 N–H and O–H groups in total. The van der Waals surface area contributed by atoms with E-state index in [0.29, 0.717) is 5.02 Å². The van der Waals surface area contributed by atoms with Gasteiger partial charge in [0.15, 0.2) is 0 Å². The molecule has 2 heterocycles. The Morgan fingerprint density at radius 3 is 2.67 bits per heavy atom. The molecule has 33 heavy (non-hydrogen) atoms. The summed E-state index contributed by atoms with van der Waals surface area (Å²) < 4.78 is 37.2. The molecule has 4 aromatic rings. The van der Waals surface area contributed by atoms with Gasteiger partial charge in [0.25, 0.3) is 0 Å². The van der Waals surface area contributed by atoms with Gasteiger partial charge in [0.2, 0.25) is 0 Å². The number of para-hydroxylation sites is 1. The number of fused-ring (bicyclic) bond motifs is 4. The number of alkyl halides is 3. The lowest BCUT2D eigenvalue weighted by atomic mass is 9.92. The van der Waals surface area contributed by atoms with Crippen LogP contribution in [0, 0.1) is 0 Å². The van der Waals surface area contributed by atoms with Crippen LogP contribution in [0.25, 0.3) is 39.0 Å². The third-order valence-electron chi connectivity index (χ3n) is 5.69. The number of nitrogens with zero attached hydrogens (tertiary/aromatic N) is 2. The summed E-state index contributed by atoms with van der Waals surface area (Å²) in [6.45, 7) is -0.238. The van der Waals surface area contributed by atoms with Crippen molar-refractivity contribution >= 4 is 56.6 Å². The van der Waals surface area contributed by atoms with E-state index in [9.17, 15) is 18.0 Å². The molecule has 0 fully saturated rings. The fourth-order valence-electron chi connectivity index (χ4n) is 4.21. The highest BCUT2D eigenvalue weighted by Crippen LogP contribution is 2.48. The van der Waals surface area contributed by atoms with Crippen molar-refractivity contribution in [2.45, 2.75) is 6.18 Å². The van der Waals surface area contributed by atoms with Gasteiger partial charge in [0.1, 0.15) is 0 Å². The highest BCUT2D eigenvalue weighted by molar-refractivity contribution is 6.32. The van der Waals surface area contributed by atoms with Crippen LogP contribution in [-0.2, 0) is 4.79 Å². The topological polar surface area (TPSA) is 45.2 Å². The SMILES string of the molecule is CN1c2ccccc2-c2nc3ccc(Cl)cc3c3cc(/C=C/CNC(=O)C(F)(F)F)cc1c23. The quantitative estimate of drug-likeness (QED) is 0.351. The first-order chi connectivity index (χ1) is 15.7. The second-order valence-electron chi connectivity index (χ2n) is 7.77. The molecule has 8 heteroatoms. The average molecular weight is 468 g/mol. The maximum atomic E-state index is 12.4. The Bertz CT molecular complexity index is 1460. The number of nitrogens with one attached hydrogen (secondary N) is 1. The fourth-order valence-corrected chi connectivity index (χ4v) is 4.38. The molecule has 1 aliphatic rings. The van der Waals surface area contributed by atoms with E-state index in [4.69, 9.17) is 16.6 Å². The molecule has 0 aliphatic carbocycles. The zero-order chi connectivity index (χ0) is 23.3. The Morgan fingerprint density at radius 1 is 1.09 bits per heavy atom. The molecule has 1 amide bonds. The number of halogens is 4. The minimum absolute atomic E-state index is 0.238. The van der Waals surface area contributed by atoms with Crippen LogP contribution in [0.4, 0.5) is 24.5 Å². The molecule has 0 atom stereocenters. The predicted molar refractivity (Wildman–Crippen MR) is 126 cm³/mol. The molecular formula is C25H17ClF3N3O. The number of hydrogen-bond donors (Lipinski definition) is 1. The van der Waals surface area contributed by atoms with Crippen molar-refractivity contribution in [3.8, 4) is 11.3 Å². The van der Waals surface area contributed by atoms with E-state index in [-0.39, 0.29) is 6.54 Å². The van der Waals surface area contributed by atoms with Crippen molar-refractivity contribution in [1.82, 2.24) is 10.3 Å². The Hall–Kier alpha value is -3.58. The zero-order valence-corrected chi connectivity index (χ0v) is 18.1. The standard InChI is InChI=1S/C25H17ClF3N3O/c1-32-20-7-3-2-6-16(20)23-22-18(17-13-15(26)8-9-19(17)31-23)11-14(12-21(22)32)5-4-10-30-24(33)25(27,28)29/h2-9,11-13H,10H2,1H3,(H,30,33)/b5-4+. The summed E-state index contributed by atoms with van der Waals surface area (Å²) in [4.78, 5) is 18.1. The van der Waals surface area contributed by atoms with Crippen LogP contribution >= 0.6 is 11.6 Å². The van der Waals surface area contributed by atoms with E-state index in [1.165, 1.54) is 6.08 Å². The van der Waals surface area contributed by atoms with Gasteiger partial charge in [-0.05, 0) is 47.3 Å². The molecule has 5 rings (SSSR count). The van der Waals surface area contributed by atoms with E-state index in [0.717, 1.165) is 49.9 Å². The summed E-state index contributed by atoms with van der Waals surface area (Å²) in [5, 5.41) is 5.24. The van der Waals surface area contributed by atoms with Crippen molar-refractivity contribution in [3.63, 3.8) is 0 Å². The summed E-state index contributed by atoms with van der Waals surface area (Å²) in [5.41, 5.74) is 5.40. The Labute approximate surface area is 192 Å². The number of pyridine rings is 1. The first-order valence-corrected chi connectivity index (χ1v) is 10.5. The van der Waals surface area contributed by atoms with Crippen molar-refractivity contribution < 1.29 is 18.0 Å². The van der Waals surface area contributed by atoms with E-state index in [2.05, 4.69) is 4.90 Å². The minimum atomic E-state index is -4.90. The molecule has 0 unspecified atom stereocenters. The van der Waals surface area contributed by atoms with E-state index >= 15 is 0 Å². The lowest BCUT2D eigenvalue weighted by Gasteiger charge is -2.30. The third kappa shape index (κ3) is 3.68. The molecule has 3 aromatic carbocycles. The van der Waals surface area contributed by atoms with Crippen LogP contribution in [0.15, 0.2) is 60.7 Å². The summed E-state index contributed by atoms with van der Waals surface area (Å²) in [6.07, 6.45) is -1.72. The van der Waals surface area contributed by atoms with Gasteiger partial charge in [0, 0.05) is 35.0 Å². The Kier molecular flexibility index (Phi) is 5.01. The average Bonchev–Trinajstić information content (AvgIpc) is 2.79. The first-order valence-electron chi connectivity index (χ1n) is 10.2. The molecule has 1 aromatic heterocycles. The molecule has 4 nitrogen and oxygen atoms in total. The first kappa shape index (κ1) is 21.3. The van der Waals surface area contributed by atoms with Gasteiger partial charge in [-0.3, -0.25) is 4.79 Å². The smallest absolute Gasteiger partial charge is 0.345 e. The van der Waals surface area contributed by atoms with Crippen LogP contribution in [0.2, 0.25) is 5.02 Å². The van der Waals surface area contributed by atoms with E-state index in [1.807, 2.05) is 60.9 Å². The Balaban J connectivity index is 1.67. The summed E-state index contributed by atoms with van der Waals surface area (Å²) in [5.74, 6) is -1.96. The number of benzene rings is 3. The number of aromatic nitrogens is 1. The third-order valence-corrected chi connectivity index (χ3v) is 5.92. The second-order valence-corrected chi connectivity index (χ2v) is 8.21. The van der Waals surface area contributed by atoms with Crippen molar-refractivity contribution in [3.05, 3.63) is 71.3 Å². The highest BCUT2D eigenvalue weighted by atomic mass is 35.5. The maximum absolute atomic E-state index is 12.4. The van der Waals surface area contributed by atoms with Crippen LogP contribution in [0.1, 0.15) is 5.56 Å². The number of carbonyl (C=O) groups excluding carboxylic acids is 1. The van der Waals surface area contributed by atoms with Gasteiger partial charge in [-0.2, -0.15) is 13.2 Å². The molecule has 0 saturated heterocycles. The summed E-state index contributed by atoms with van der Waals surface area (Å²) in [7, 11) is 1.97. The van der Waals surface area contributed by atoms with Crippen molar-refractivity contribution in [1.29, 1.82) is 0 Å².